The Bertz CT molecular complexity index is 170. The van der Waals surface area contributed by atoms with Crippen LogP contribution in [0, 0.1) is 23.7 Å². The average molecular weight is 181 g/mol. The fraction of sp³-hybridized carbons (Fsp3) is 1.00. The van der Waals surface area contributed by atoms with Crippen LogP contribution in [0.4, 0.5) is 0 Å². The Balaban J connectivity index is 1.75. The highest BCUT2D eigenvalue weighted by Crippen LogP contribution is 2.39. The maximum Gasteiger partial charge on any atom is 0.0101 e. The molecule has 0 radical (unpaired) electrons. The van der Waals surface area contributed by atoms with Gasteiger partial charge in [-0.2, -0.15) is 0 Å². The molecule has 2 aliphatic rings. The van der Waals surface area contributed by atoms with Crippen LogP contribution in [-0.4, -0.2) is 12.1 Å². The third-order valence-electron chi connectivity index (χ3n) is 4.74. The van der Waals surface area contributed by atoms with Gasteiger partial charge in [0.25, 0.3) is 0 Å². The van der Waals surface area contributed by atoms with Crippen molar-refractivity contribution >= 4 is 0 Å². The van der Waals surface area contributed by atoms with Gasteiger partial charge in [0.2, 0.25) is 0 Å². The van der Waals surface area contributed by atoms with Crippen LogP contribution in [0.1, 0.15) is 40.5 Å². The summed E-state index contributed by atoms with van der Waals surface area (Å²) >= 11 is 0. The van der Waals surface area contributed by atoms with Crippen LogP contribution in [0.3, 0.4) is 0 Å². The summed E-state index contributed by atoms with van der Waals surface area (Å²) < 4.78 is 0. The molecule has 0 heterocycles. The van der Waals surface area contributed by atoms with Gasteiger partial charge in [0, 0.05) is 12.1 Å². The van der Waals surface area contributed by atoms with Crippen molar-refractivity contribution in [2.24, 2.45) is 23.7 Å². The molecule has 0 saturated heterocycles. The van der Waals surface area contributed by atoms with Gasteiger partial charge < -0.3 is 5.32 Å². The van der Waals surface area contributed by atoms with Crippen LogP contribution in [-0.2, 0) is 0 Å². The topological polar surface area (TPSA) is 12.0 Å². The highest BCUT2D eigenvalue weighted by molar-refractivity contribution is 4.96. The molecule has 76 valence electrons. The Morgan fingerprint density at radius 3 is 1.38 bits per heavy atom. The van der Waals surface area contributed by atoms with Gasteiger partial charge in [-0.05, 0) is 36.5 Å². The van der Waals surface area contributed by atoms with Crippen molar-refractivity contribution in [1.82, 2.24) is 5.32 Å². The second-order valence-electron chi connectivity index (χ2n) is 5.52. The zero-order valence-electron chi connectivity index (χ0n) is 9.38. The highest BCUT2D eigenvalue weighted by atomic mass is 15.0. The van der Waals surface area contributed by atoms with E-state index in [1.165, 1.54) is 12.8 Å². The van der Waals surface area contributed by atoms with E-state index in [0.29, 0.717) is 0 Å². The summed E-state index contributed by atoms with van der Waals surface area (Å²) in [6.07, 6.45) is 2.80. The summed E-state index contributed by atoms with van der Waals surface area (Å²) in [6.45, 7) is 9.52. The fourth-order valence-electron chi connectivity index (χ4n) is 2.78. The van der Waals surface area contributed by atoms with Crippen molar-refractivity contribution in [3.63, 3.8) is 0 Å². The van der Waals surface area contributed by atoms with Gasteiger partial charge >= 0.3 is 0 Å². The van der Waals surface area contributed by atoms with E-state index >= 15 is 0 Å². The summed E-state index contributed by atoms with van der Waals surface area (Å²) in [5, 5.41) is 3.81. The van der Waals surface area contributed by atoms with Gasteiger partial charge in [-0.3, -0.25) is 0 Å². The van der Waals surface area contributed by atoms with Gasteiger partial charge in [-0.1, -0.05) is 27.7 Å². The molecule has 0 spiro atoms. The Morgan fingerprint density at radius 2 is 1.15 bits per heavy atom. The van der Waals surface area contributed by atoms with Crippen molar-refractivity contribution < 1.29 is 0 Å². The quantitative estimate of drug-likeness (QED) is 0.690. The number of nitrogens with one attached hydrogen (secondary N) is 1. The molecule has 1 heteroatoms. The van der Waals surface area contributed by atoms with Crippen molar-refractivity contribution in [2.45, 2.75) is 52.6 Å². The molecule has 2 rings (SSSR count). The molecule has 6 unspecified atom stereocenters. The van der Waals surface area contributed by atoms with E-state index in [9.17, 15) is 0 Å². The van der Waals surface area contributed by atoms with Gasteiger partial charge in [-0.15, -0.1) is 0 Å². The summed E-state index contributed by atoms with van der Waals surface area (Å²) in [5.41, 5.74) is 0. The minimum atomic E-state index is 0.829. The molecule has 2 aliphatic carbocycles. The first kappa shape index (κ1) is 9.51. The number of hydrogen-bond donors (Lipinski definition) is 1. The molecule has 0 amide bonds. The minimum absolute atomic E-state index is 0.829. The van der Waals surface area contributed by atoms with Crippen LogP contribution >= 0.6 is 0 Å². The summed E-state index contributed by atoms with van der Waals surface area (Å²) in [5.74, 6) is 3.71. The monoisotopic (exact) mass is 181 g/mol. The van der Waals surface area contributed by atoms with Crippen molar-refractivity contribution in [2.75, 3.05) is 0 Å². The van der Waals surface area contributed by atoms with Gasteiger partial charge in [0.05, 0.1) is 0 Å². The maximum absolute atomic E-state index is 3.81. The Morgan fingerprint density at radius 1 is 0.769 bits per heavy atom. The molecule has 1 nitrogen and oxygen atoms in total. The highest BCUT2D eigenvalue weighted by Gasteiger charge is 2.40. The Labute approximate surface area is 82.3 Å². The second kappa shape index (κ2) is 3.27. The number of rotatable bonds is 2. The smallest absolute Gasteiger partial charge is 0.0101 e. The van der Waals surface area contributed by atoms with Crippen LogP contribution in [0.5, 0.6) is 0 Å². The lowest BCUT2D eigenvalue weighted by Gasteiger charge is -2.49. The van der Waals surface area contributed by atoms with E-state index in [0.717, 1.165) is 35.8 Å². The molecule has 0 bridgehead atoms. The predicted octanol–water partition coefficient (Wildman–Crippen LogP) is 2.67. The van der Waals surface area contributed by atoms with Gasteiger partial charge in [0.1, 0.15) is 0 Å². The molecule has 2 saturated carbocycles. The van der Waals surface area contributed by atoms with E-state index in [1.54, 1.807) is 0 Å². The van der Waals surface area contributed by atoms with Gasteiger partial charge in [-0.25, -0.2) is 0 Å². The fourth-order valence-corrected chi connectivity index (χ4v) is 2.78. The van der Waals surface area contributed by atoms with E-state index in [4.69, 9.17) is 0 Å². The molecular formula is C12H23N. The van der Waals surface area contributed by atoms with Crippen molar-refractivity contribution in [3.05, 3.63) is 0 Å². The van der Waals surface area contributed by atoms with E-state index in [2.05, 4.69) is 33.0 Å². The van der Waals surface area contributed by atoms with Crippen LogP contribution < -0.4 is 5.32 Å². The lowest BCUT2D eigenvalue weighted by molar-refractivity contribution is 0.0611. The van der Waals surface area contributed by atoms with Crippen LogP contribution in [0.15, 0.2) is 0 Å². The van der Waals surface area contributed by atoms with Crippen molar-refractivity contribution in [1.29, 1.82) is 0 Å². The first-order chi connectivity index (χ1) is 6.09. The normalized spacial score (nSPS) is 55.4. The van der Waals surface area contributed by atoms with E-state index in [1.807, 2.05) is 0 Å². The predicted molar refractivity (Wildman–Crippen MR) is 56.6 cm³/mol. The standard InChI is InChI=1S/C12H23N/c1-7-5-11(9(7)3)13-12-6-8(2)10(12)4/h7-13H,5-6H2,1-4H3. The molecule has 0 aromatic heterocycles. The molecule has 6 atom stereocenters. The zero-order valence-corrected chi connectivity index (χ0v) is 9.38. The van der Waals surface area contributed by atoms with E-state index in [-0.39, 0.29) is 0 Å². The molecular weight excluding hydrogens is 158 g/mol. The lowest BCUT2D eigenvalue weighted by Crippen LogP contribution is -2.58. The second-order valence-corrected chi connectivity index (χ2v) is 5.52. The Hall–Kier alpha value is -0.0400. The van der Waals surface area contributed by atoms with Crippen LogP contribution in [0.2, 0.25) is 0 Å². The van der Waals surface area contributed by atoms with Gasteiger partial charge in [0.15, 0.2) is 0 Å². The molecule has 0 aromatic carbocycles. The molecule has 0 aliphatic heterocycles. The summed E-state index contributed by atoms with van der Waals surface area (Å²) in [7, 11) is 0. The molecule has 0 aromatic rings. The van der Waals surface area contributed by atoms with Crippen LogP contribution in [0.25, 0.3) is 0 Å². The minimum Gasteiger partial charge on any atom is -0.311 e. The first-order valence-corrected chi connectivity index (χ1v) is 5.85. The lowest BCUT2D eigenvalue weighted by atomic mass is 9.67. The molecule has 1 N–H and O–H groups in total. The third kappa shape index (κ3) is 1.52. The maximum atomic E-state index is 3.81. The average Bonchev–Trinajstić information content (AvgIpc) is 2.15. The SMILES string of the molecule is CC1CC(NC2CC(C)C2C)C1C. The summed E-state index contributed by atoms with van der Waals surface area (Å²) in [4.78, 5) is 0. The first-order valence-electron chi connectivity index (χ1n) is 5.85. The summed E-state index contributed by atoms with van der Waals surface area (Å²) in [6, 6.07) is 1.66. The van der Waals surface area contributed by atoms with E-state index < -0.39 is 0 Å². The third-order valence-corrected chi connectivity index (χ3v) is 4.74. The van der Waals surface area contributed by atoms with Crippen molar-refractivity contribution in [3.8, 4) is 0 Å². The molecule has 2 fully saturated rings. The zero-order chi connectivity index (χ0) is 9.59. The number of hydrogen-bond acceptors (Lipinski definition) is 1. The molecule has 13 heavy (non-hydrogen) atoms. The Kier molecular flexibility index (Phi) is 2.39. The largest absolute Gasteiger partial charge is 0.311 e.